The van der Waals surface area contributed by atoms with Crippen molar-refractivity contribution >= 4 is 61.6 Å². The van der Waals surface area contributed by atoms with Gasteiger partial charge in [-0.1, -0.05) is 76.8 Å². The molecule has 1 aromatic heterocycles. The highest BCUT2D eigenvalue weighted by molar-refractivity contribution is 7.80. The van der Waals surface area contributed by atoms with Crippen LogP contribution in [-0.4, -0.2) is 244 Å². The van der Waals surface area contributed by atoms with Crippen LogP contribution in [-0.2, 0) is 95.4 Å². The highest BCUT2D eigenvalue weighted by Crippen LogP contribution is 2.38. The number of likely N-dealkylation sites (tertiary alicyclic amines) is 1. The molecule has 7 unspecified atom stereocenters. The molecule has 7 atom stereocenters. The molecule has 1 aromatic carbocycles. The molecule has 12 N–H and O–H groups in total. The Morgan fingerprint density at radius 1 is 0.677 bits per heavy atom. The van der Waals surface area contributed by atoms with Crippen LogP contribution in [0.2, 0.25) is 0 Å². The minimum atomic E-state index is -4.60. The van der Waals surface area contributed by atoms with E-state index in [0.717, 1.165) is 44.9 Å². The summed E-state index contributed by atoms with van der Waals surface area (Å²) >= 11 is 3.99. The standard InChI is InChI=1S/C62H107N10O19PS/c1-46(2)38-52(69-62(80)55-17-13-21-72(55)57(75)18-22-84-24-26-86-28-30-88-32-34-90-36-37-91-35-33-89-31-29-87-27-25-85-23-19-66-58(76)50(63)44-93)59(77)68-53(60(78)70-54(42-73)61(79)67-51(40-56(64)74)47(3)43-92(81,82)83)39-49-41-65-45-71(49)20-12-7-5-4-6-9-14-48-15-10-8-11-16-48/h8,10-11,15-16,41,45-47,50-55,73,93H,4-7,9,12-14,17-40,42-44,63H2,1-3H3,(H2,64,74)(H,66,76)(H,67,79)(H,68,77)(H,69,80)(H,70,78)(H2,81,82,83). The minimum absolute atomic E-state index is 0.00258. The number of aliphatic hydroxyl groups excluding tert-OH is 1. The molecule has 0 bridgehead atoms. The van der Waals surface area contributed by atoms with Crippen LogP contribution in [0.3, 0.4) is 0 Å². The van der Waals surface area contributed by atoms with Crippen LogP contribution in [0.1, 0.15) is 103 Å². The number of thiol groups is 1. The first-order valence-electron chi connectivity index (χ1n) is 32.5. The van der Waals surface area contributed by atoms with Crippen LogP contribution in [0, 0.1) is 11.8 Å². The van der Waals surface area contributed by atoms with Gasteiger partial charge in [-0.2, -0.15) is 12.6 Å². The second-order valence-corrected chi connectivity index (χ2v) is 25.3. The van der Waals surface area contributed by atoms with E-state index in [0.29, 0.717) is 124 Å². The second kappa shape index (κ2) is 49.4. The Morgan fingerprint density at radius 3 is 1.73 bits per heavy atom. The number of amides is 7. The van der Waals surface area contributed by atoms with Crippen LogP contribution in [0.25, 0.3) is 0 Å². The van der Waals surface area contributed by atoms with Gasteiger partial charge >= 0.3 is 7.60 Å². The van der Waals surface area contributed by atoms with Crippen molar-refractivity contribution in [1.82, 2.24) is 41.0 Å². The lowest BCUT2D eigenvalue weighted by atomic mass is 9.99. The summed E-state index contributed by atoms with van der Waals surface area (Å²) in [7, 11) is -4.60. The van der Waals surface area contributed by atoms with Gasteiger partial charge < -0.3 is 100 Å². The number of hydrogen-bond acceptors (Lipinski definition) is 20. The van der Waals surface area contributed by atoms with Gasteiger partial charge in [0.1, 0.15) is 24.2 Å². The molecule has 1 fully saturated rings. The monoisotopic (exact) mass is 1360 g/mol. The summed E-state index contributed by atoms with van der Waals surface area (Å²) in [5.41, 5.74) is 12.9. The molecule has 530 valence electrons. The van der Waals surface area contributed by atoms with Gasteiger partial charge in [0.05, 0.1) is 137 Å². The third-order valence-electron chi connectivity index (χ3n) is 14.9. The first kappa shape index (κ1) is 82.1. The number of benzene rings is 1. The van der Waals surface area contributed by atoms with E-state index in [2.05, 4.69) is 56.3 Å². The van der Waals surface area contributed by atoms with Gasteiger partial charge in [0, 0.05) is 56.2 Å². The summed E-state index contributed by atoms with van der Waals surface area (Å²) in [4.78, 5) is 119. The fourth-order valence-corrected chi connectivity index (χ4v) is 11.1. The Balaban J connectivity index is 1.43. The molecule has 0 aliphatic carbocycles. The first-order valence-corrected chi connectivity index (χ1v) is 34.9. The third-order valence-corrected chi connectivity index (χ3v) is 16.4. The molecule has 1 aliphatic rings. The number of ether oxygens (including phenoxy) is 8. The topological polar surface area (TPSA) is 404 Å². The van der Waals surface area contributed by atoms with E-state index in [1.807, 2.05) is 36.6 Å². The zero-order valence-corrected chi connectivity index (χ0v) is 56.5. The molecule has 0 saturated carbocycles. The van der Waals surface area contributed by atoms with E-state index < -0.39 is 98.5 Å². The fraction of sp³-hybridized carbons (Fsp3) is 0.742. The number of primary amides is 1. The predicted molar refractivity (Wildman–Crippen MR) is 349 cm³/mol. The molecule has 1 aliphatic heterocycles. The molecular formula is C62H107N10O19PS. The van der Waals surface area contributed by atoms with Gasteiger partial charge in [-0.15, -0.1) is 0 Å². The number of hydrogen-bond donors (Lipinski definition) is 11. The molecular weight excluding hydrogens is 1250 g/mol. The summed E-state index contributed by atoms with van der Waals surface area (Å²) in [6, 6.07) is 3.47. The van der Waals surface area contributed by atoms with Crippen LogP contribution in [0.5, 0.6) is 0 Å². The lowest BCUT2D eigenvalue weighted by Gasteiger charge is -2.29. The summed E-state index contributed by atoms with van der Waals surface area (Å²) in [6.45, 7) is 11.1. The number of aromatic nitrogens is 2. The molecule has 3 rings (SSSR count). The third kappa shape index (κ3) is 37.6. The Labute approximate surface area is 553 Å². The Morgan fingerprint density at radius 2 is 1.19 bits per heavy atom. The van der Waals surface area contributed by atoms with E-state index in [1.165, 1.54) is 17.4 Å². The molecule has 7 amide bonds. The first-order chi connectivity index (χ1) is 44.7. The van der Waals surface area contributed by atoms with E-state index >= 15 is 0 Å². The highest BCUT2D eigenvalue weighted by Gasteiger charge is 2.38. The van der Waals surface area contributed by atoms with Gasteiger partial charge in [0.2, 0.25) is 41.4 Å². The van der Waals surface area contributed by atoms with Crippen molar-refractivity contribution in [3.63, 3.8) is 0 Å². The summed E-state index contributed by atoms with van der Waals surface area (Å²) in [5.74, 6) is -5.36. The Hall–Kier alpha value is -5.18. The normalized spacial score (nSPS) is 15.3. The lowest BCUT2D eigenvalue weighted by Crippen LogP contribution is -2.60. The number of rotatable bonds is 56. The SMILES string of the molecule is CC(C)CC(NC(=O)C1CCCN1C(=O)CCOCCOCCOCCOCCOCCOCCOCCOCCNC(=O)C(N)CS)C(=O)NC(Cc1cncn1CCCCCCCCc1ccccc1)C(=O)NC(CO)C(=O)NC(CC(N)=O)C(C)CP(=O)(O)O. The van der Waals surface area contributed by atoms with E-state index in [1.54, 1.807) is 12.5 Å². The molecule has 2 aromatic rings. The fourth-order valence-electron chi connectivity index (χ4n) is 9.95. The molecule has 93 heavy (non-hydrogen) atoms. The lowest BCUT2D eigenvalue weighted by molar-refractivity contribution is -0.140. The summed E-state index contributed by atoms with van der Waals surface area (Å²) in [5, 5.41) is 23.7. The second-order valence-electron chi connectivity index (χ2n) is 23.2. The smallest absolute Gasteiger partial charge is 0.325 e. The summed E-state index contributed by atoms with van der Waals surface area (Å²) < 4.78 is 57.9. The maximum Gasteiger partial charge on any atom is 0.325 e. The number of nitrogens with two attached hydrogens (primary N) is 2. The van der Waals surface area contributed by atoms with Crippen molar-refractivity contribution in [3.8, 4) is 0 Å². The highest BCUT2D eigenvalue weighted by atomic mass is 32.1. The van der Waals surface area contributed by atoms with Crippen molar-refractivity contribution < 1.29 is 90.9 Å². The Bertz CT molecular complexity index is 2470. The van der Waals surface area contributed by atoms with Crippen LogP contribution in [0.4, 0.5) is 0 Å². The van der Waals surface area contributed by atoms with E-state index in [9.17, 15) is 53.0 Å². The zero-order valence-electron chi connectivity index (χ0n) is 54.7. The number of carbonyl (C=O) groups is 7. The molecule has 0 spiro atoms. The quantitative estimate of drug-likeness (QED) is 0.0245. The van der Waals surface area contributed by atoms with Crippen molar-refractivity contribution in [2.45, 2.75) is 147 Å². The molecule has 0 radical (unpaired) electrons. The number of unbranched alkanes of at least 4 members (excludes halogenated alkanes) is 5. The number of nitrogens with one attached hydrogen (secondary N) is 5. The van der Waals surface area contributed by atoms with Crippen molar-refractivity contribution in [2.24, 2.45) is 23.3 Å². The number of imidazole rings is 1. The predicted octanol–water partition coefficient (Wildman–Crippen LogP) is 0.563. The number of aryl methyl sites for hydroxylation is 2. The van der Waals surface area contributed by atoms with Crippen LogP contribution < -0.4 is 38.1 Å². The maximum absolute atomic E-state index is 14.4. The van der Waals surface area contributed by atoms with Gasteiger partial charge in [0.25, 0.3) is 0 Å². The van der Waals surface area contributed by atoms with E-state index in [4.69, 9.17) is 49.4 Å². The number of nitrogens with zero attached hydrogens (tertiary/aromatic N) is 3. The average Bonchev–Trinajstić information content (AvgIpc) is 1.88. The molecule has 31 heteroatoms. The molecule has 2 heterocycles. The Kier molecular flexibility index (Phi) is 43.5. The van der Waals surface area contributed by atoms with Crippen molar-refractivity contribution in [1.29, 1.82) is 0 Å². The zero-order chi connectivity index (χ0) is 68.1. The largest absolute Gasteiger partial charge is 0.394 e. The average molecular weight is 1360 g/mol. The van der Waals surface area contributed by atoms with Gasteiger partial charge in [-0.3, -0.25) is 38.1 Å². The van der Waals surface area contributed by atoms with Crippen LogP contribution in [0.15, 0.2) is 42.9 Å². The van der Waals surface area contributed by atoms with Crippen molar-refractivity contribution in [2.75, 3.05) is 137 Å². The maximum atomic E-state index is 14.4. The van der Waals surface area contributed by atoms with E-state index in [-0.39, 0.29) is 62.6 Å². The molecule has 1 saturated heterocycles. The van der Waals surface area contributed by atoms with Gasteiger partial charge in [-0.05, 0) is 55.9 Å². The summed E-state index contributed by atoms with van der Waals surface area (Å²) in [6.07, 6.45) is 10.0. The number of aliphatic hydroxyl groups is 1. The van der Waals surface area contributed by atoms with Crippen molar-refractivity contribution in [3.05, 3.63) is 54.1 Å². The van der Waals surface area contributed by atoms with Crippen LogP contribution >= 0.6 is 20.2 Å². The van der Waals surface area contributed by atoms with Gasteiger partial charge in [0.15, 0.2) is 0 Å². The molecule has 29 nitrogen and oxygen atoms in total. The number of carbonyl (C=O) groups excluding carboxylic acids is 7. The minimum Gasteiger partial charge on any atom is -0.394 e. The van der Waals surface area contributed by atoms with Gasteiger partial charge in [-0.25, -0.2) is 4.98 Å².